The van der Waals surface area contributed by atoms with E-state index in [-0.39, 0.29) is 5.41 Å². The molecule has 0 saturated heterocycles. The maximum Gasteiger partial charge on any atom is 0.119 e. The van der Waals surface area contributed by atoms with Crippen LogP contribution in [0.1, 0.15) is 37.8 Å². The van der Waals surface area contributed by atoms with Gasteiger partial charge in [0, 0.05) is 23.0 Å². The van der Waals surface area contributed by atoms with Gasteiger partial charge in [0.2, 0.25) is 0 Å². The van der Waals surface area contributed by atoms with E-state index in [4.69, 9.17) is 9.47 Å². The quantitative estimate of drug-likeness (QED) is 0.283. The SMILES string of the molecule is C[SiH](C)CCCOc1ccc(C(C)(C)c2ccc(OCCC[SiH](C)C)cc2)cc1. The smallest absolute Gasteiger partial charge is 0.119 e. The molecule has 0 aliphatic heterocycles. The van der Waals surface area contributed by atoms with E-state index in [0.29, 0.717) is 0 Å². The van der Waals surface area contributed by atoms with Gasteiger partial charge < -0.3 is 9.47 Å². The van der Waals surface area contributed by atoms with Crippen LogP contribution in [0.5, 0.6) is 11.5 Å². The number of rotatable bonds is 12. The van der Waals surface area contributed by atoms with Crippen LogP contribution in [0, 0.1) is 0 Å². The zero-order valence-corrected chi connectivity index (χ0v) is 21.6. The molecule has 0 aliphatic rings. The lowest BCUT2D eigenvalue weighted by molar-refractivity contribution is 0.317. The molecule has 0 atom stereocenters. The summed E-state index contributed by atoms with van der Waals surface area (Å²) in [5.74, 6) is 1.95. The van der Waals surface area contributed by atoms with Crippen LogP contribution in [-0.2, 0) is 5.41 Å². The molecule has 0 aromatic heterocycles. The molecule has 2 aromatic rings. The maximum atomic E-state index is 5.92. The average molecular weight is 429 g/mol. The fourth-order valence-electron chi connectivity index (χ4n) is 3.47. The molecule has 0 amide bonds. The maximum absolute atomic E-state index is 5.92. The van der Waals surface area contributed by atoms with Crippen molar-refractivity contribution in [3.05, 3.63) is 59.7 Å². The van der Waals surface area contributed by atoms with Crippen molar-refractivity contribution in [1.82, 2.24) is 0 Å². The summed E-state index contributed by atoms with van der Waals surface area (Å²) in [6, 6.07) is 19.9. The third-order valence-corrected chi connectivity index (χ3v) is 8.67. The molecular weight excluding hydrogens is 388 g/mol. The molecular formula is C25H40O2Si2. The van der Waals surface area contributed by atoms with E-state index < -0.39 is 17.6 Å². The Bertz CT molecular complexity index is 645. The average Bonchev–Trinajstić information content (AvgIpc) is 2.69. The van der Waals surface area contributed by atoms with Crippen molar-refractivity contribution >= 4 is 17.6 Å². The minimum atomic E-state index is -0.466. The predicted molar refractivity (Wildman–Crippen MR) is 133 cm³/mol. The molecule has 4 heteroatoms. The lowest BCUT2D eigenvalue weighted by atomic mass is 9.78. The minimum Gasteiger partial charge on any atom is -0.494 e. The monoisotopic (exact) mass is 428 g/mol. The Labute approximate surface area is 181 Å². The Morgan fingerprint density at radius 3 is 1.28 bits per heavy atom. The summed E-state index contributed by atoms with van der Waals surface area (Å²) in [5.41, 5.74) is 2.55. The first-order valence-corrected chi connectivity index (χ1v) is 17.5. The summed E-state index contributed by atoms with van der Waals surface area (Å²) >= 11 is 0. The van der Waals surface area contributed by atoms with Crippen LogP contribution >= 0.6 is 0 Å². The molecule has 0 fully saturated rings. The minimum absolute atomic E-state index is 0.0520. The summed E-state index contributed by atoms with van der Waals surface area (Å²) in [5, 5.41) is 0. The summed E-state index contributed by atoms with van der Waals surface area (Å²) in [6.45, 7) is 15.8. The highest BCUT2D eigenvalue weighted by atomic mass is 28.3. The van der Waals surface area contributed by atoms with Gasteiger partial charge in [-0.15, -0.1) is 0 Å². The zero-order chi connectivity index (χ0) is 21.3. The predicted octanol–water partition coefficient (Wildman–Crippen LogP) is 6.52. The molecule has 0 spiro atoms. The molecule has 2 rings (SSSR count). The van der Waals surface area contributed by atoms with Gasteiger partial charge in [-0.05, 0) is 48.2 Å². The second kappa shape index (κ2) is 11.6. The van der Waals surface area contributed by atoms with Gasteiger partial charge in [-0.25, -0.2) is 0 Å². The van der Waals surface area contributed by atoms with Gasteiger partial charge in [-0.3, -0.25) is 0 Å². The molecule has 0 heterocycles. The summed E-state index contributed by atoms with van der Waals surface area (Å²) in [7, 11) is -0.932. The second-order valence-electron chi connectivity index (χ2n) is 9.44. The zero-order valence-electron chi connectivity index (χ0n) is 19.3. The molecule has 0 radical (unpaired) electrons. The van der Waals surface area contributed by atoms with Crippen molar-refractivity contribution in [3.63, 3.8) is 0 Å². The Morgan fingerprint density at radius 2 is 0.966 bits per heavy atom. The van der Waals surface area contributed by atoms with Crippen LogP contribution in [0.3, 0.4) is 0 Å². The second-order valence-corrected chi connectivity index (χ2v) is 16.2. The van der Waals surface area contributed by atoms with Gasteiger partial charge in [0.15, 0.2) is 0 Å². The molecule has 0 unspecified atom stereocenters. The molecule has 2 aromatic carbocycles. The largest absolute Gasteiger partial charge is 0.494 e. The van der Waals surface area contributed by atoms with Crippen molar-refractivity contribution in [1.29, 1.82) is 0 Å². The van der Waals surface area contributed by atoms with Crippen LogP contribution in [-0.4, -0.2) is 30.8 Å². The molecule has 0 saturated carbocycles. The lowest BCUT2D eigenvalue weighted by Crippen LogP contribution is -2.18. The number of hydrogen-bond donors (Lipinski definition) is 0. The van der Waals surface area contributed by atoms with Gasteiger partial charge in [-0.2, -0.15) is 0 Å². The van der Waals surface area contributed by atoms with Crippen LogP contribution in [0.15, 0.2) is 48.5 Å². The van der Waals surface area contributed by atoms with E-state index in [2.05, 4.69) is 88.6 Å². The fraction of sp³-hybridized carbons (Fsp3) is 0.520. The first kappa shape index (κ1) is 23.7. The van der Waals surface area contributed by atoms with E-state index in [1.165, 1.54) is 36.1 Å². The third kappa shape index (κ3) is 8.02. The third-order valence-electron chi connectivity index (χ3n) is 5.54. The van der Waals surface area contributed by atoms with Crippen LogP contribution < -0.4 is 9.47 Å². The Balaban J connectivity index is 1.91. The molecule has 2 nitrogen and oxygen atoms in total. The highest BCUT2D eigenvalue weighted by Gasteiger charge is 2.23. The standard InChI is InChI=1S/C25H40O2Si2/c1-25(2,21-9-13-23(14-10-21)26-17-7-19-28(3)4)22-11-15-24(16-12-22)27-18-8-20-29(5)6/h9-16,28-29H,7-8,17-20H2,1-6H3. The summed E-state index contributed by atoms with van der Waals surface area (Å²) in [4.78, 5) is 0. The highest BCUT2D eigenvalue weighted by molar-refractivity contribution is 6.55. The molecule has 0 bridgehead atoms. The summed E-state index contributed by atoms with van der Waals surface area (Å²) < 4.78 is 11.8. The Morgan fingerprint density at radius 1 is 0.621 bits per heavy atom. The first-order chi connectivity index (χ1) is 13.8. The Hall–Kier alpha value is -1.53. The molecule has 0 N–H and O–H groups in total. The lowest BCUT2D eigenvalue weighted by Gasteiger charge is -2.26. The number of hydrogen-bond acceptors (Lipinski definition) is 2. The van der Waals surface area contributed by atoms with Crippen molar-refractivity contribution in [2.24, 2.45) is 0 Å². The Kier molecular flexibility index (Phi) is 9.50. The number of benzene rings is 2. The van der Waals surface area contributed by atoms with E-state index >= 15 is 0 Å². The van der Waals surface area contributed by atoms with Gasteiger partial charge in [-0.1, -0.05) is 76.4 Å². The van der Waals surface area contributed by atoms with Crippen molar-refractivity contribution < 1.29 is 9.47 Å². The van der Waals surface area contributed by atoms with Crippen molar-refractivity contribution in [2.75, 3.05) is 13.2 Å². The van der Waals surface area contributed by atoms with Gasteiger partial charge in [0.25, 0.3) is 0 Å². The number of ether oxygens (including phenoxy) is 2. The summed E-state index contributed by atoms with van der Waals surface area (Å²) in [6.07, 6.45) is 2.34. The molecule has 29 heavy (non-hydrogen) atoms. The van der Waals surface area contributed by atoms with E-state index in [1.807, 2.05) is 0 Å². The van der Waals surface area contributed by atoms with Gasteiger partial charge in [0.05, 0.1) is 13.2 Å². The van der Waals surface area contributed by atoms with Gasteiger partial charge in [0.1, 0.15) is 11.5 Å². The van der Waals surface area contributed by atoms with E-state index in [1.54, 1.807) is 0 Å². The van der Waals surface area contributed by atoms with E-state index in [9.17, 15) is 0 Å². The topological polar surface area (TPSA) is 18.5 Å². The molecule has 160 valence electrons. The van der Waals surface area contributed by atoms with E-state index in [0.717, 1.165) is 24.7 Å². The normalized spacial score (nSPS) is 11.9. The van der Waals surface area contributed by atoms with Crippen LogP contribution in [0.2, 0.25) is 38.3 Å². The first-order valence-electron chi connectivity index (χ1n) is 11.3. The fourth-order valence-corrected chi connectivity index (χ4v) is 5.43. The van der Waals surface area contributed by atoms with Crippen molar-refractivity contribution in [2.45, 2.75) is 70.4 Å². The van der Waals surface area contributed by atoms with Crippen molar-refractivity contribution in [3.8, 4) is 11.5 Å². The van der Waals surface area contributed by atoms with Crippen LogP contribution in [0.25, 0.3) is 0 Å². The molecule has 0 aliphatic carbocycles. The van der Waals surface area contributed by atoms with Gasteiger partial charge >= 0.3 is 0 Å². The van der Waals surface area contributed by atoms with Crippen LogP contribution in [0.4, 0.5) is 0 Å². The highest BCUT2D eigenvalue weighted by Crippen LogP contribution is 2.33.